The van der Waals surface area contributed by atoms with Crippen molar-refractivity contribution in [3.8, 4) is 16.8 Å². The van der Waals surface area contributed by atoms with E-state index in [1.165, 1.54) is 58.7 Å². The van der Waals surface area contributed by atoms with Crippen LogP contribution >= 0.6 is 11.3 Å². The molecule has 3 heterocycles. The molecule has 0 atom stereocenters. The van der Waals surface area contributed by atoms with Crippen LogP contribution in [0.2, 0.25) is 0 Å². The Morgan fingerprint density at radius 3 is 2.34 bits per heavy atom. The van der Waals surface area contributed by atoms with Crippen LogP contribution in [0.5, 0.6) is 0 Å². The zero-order valence-corrected chi connectivity index (χ0v) is 20.4. The van der Waals surface area contributed by atoms with Gasteiger partial charge in [0.1, 0.15) is 5.65 Å². The largest absolute Gasteiger partial charge is 0.294 e. The molecular formula is C32H22N2S. The third kappa shape index (κ3) is 2.36. The van der Waals surface area contributed by atoms with Gasteiger partial charge in [0.05, 0.1) is 5.52 Å². The highest BCUT2D eigenvalue weighted by atomic mass is 32.1. The van der Waals surface area contributed by atoms with Gasteiger partial charge in [0.25, 0.3) is 0 Å². The Morgan fingerprint density at radius 2 is 1.46 bits per heavy atom. The maximum Gasteiger partial charge on any atom is 0.145 e. The van der Waals surface area contributed by atoms with Crippen LogP contribution in [-0.2, 0) is 5.41 Å². The molecule has 0 saturated heterocycles. The first kappa shape index (κ1) is 19.4. The minimum absolute atomic E-state index is 0.0128. The van der Waals surface area contributed by atoms with E-state index < -0.39 is 0 Å². The molecule has 4 aromatic carbocycles. The fourth-order valence-electron chi connectivity index (χ4n) is 6.24. The second-order valence-corrected chi connectivity index (χ2v) is 11.0. The predicted molar refractivity (Wildman–Crippen MR) is 149 cm³/mol. The number of nitrogens with zero attached hydrogens (tertiary/aromatic N) is 2. The molecule has 35 heavy (non-hydrogen) atoms. The summed E-state index contributed by atoms with van der Waals surface area (Å²) in [4.78, 5) is 4.83. The third-order valence-corrected chi connectivity index (χ3v) is 9.11. The summed E-state index contributed by atoms with van der Waals surface area (Å²) in [5.41, 5.74) is 9.03. The van der Waals surface area contributed by atoms with Crippen molar-refractivity contribution in [3.63, 3.8) is 0 Å². The monoisotopic (exact) mass is 466 g/mol. The van der Waals surface area contributed by atoms with E-state index in [0.29, 0.717) is 0 Å². The van der Waals surface area contributed by atoms with Crippen LogP contribution < -0.4 is 0 Å². The third-order valence-electron chi connectivity index (χ3n) is 7.85. The number of benzene rings is 4. The SMILES string of the molecule is CC1(C)c2ccccc2-c2c1ccc1c2sc2c1ccc1c2c2cccnc2n1-c1ccccc1. The van der Waals surface area contributed by atoms with Crippen LogP contribution in [-0.4, -0.2) is 9.55 Å². The number of fused-ring (bicyclic) bond motifs is 11. The van der Waals surface area contributed by atoms with Gasteiger partial charge in [0.15, 0.2) is 0 Å². The Kier molecular flexibility index (Phi) is 3.64. The van der Waals surface area contributed by atoms with Gasteiger partial charge in [-0.1, -0.05) is 74.5 Å². The second-order valence-electron chi connectivity index (χ2n) is 10.0. The van der Waals surface area contributed by atoms with Gasteiger partial charge in [-0.25, -0.2) is 4.98 Å². The van der Waals surface area contributed by atoms with Crippen molar-refractivity contribution < 1.29 is 0 Å². The Balaban J connectivity index is 1.56. The van der Waals surface area contributed by atoms with Gasteiger partial charge in [-0.05, 0) is 47.0 Å². The lowest BCUT2D eigenvalue weighted by Gasteiger charge is -2.21. The quantitative estimate of drug-likeness (QED) is 0.236. The van der Waals surface area contributed by atoms with E-state index in [0.717, 1.165) is 11.3 Å². The number of aromatic nitrogens is 2. The Labute approximate surface area is 207 Å². The van der Waals surface area contributed by atoms with Crippen LogP contribution in [0.1, 0.15) is 25.0 Å². The van der Waals surface area contributed by atoms with Gasteiger partial charge < -0.3 is 0 Å². The highest BCUT2D eigenvalue weighted by Crippen LogP contribution is 2.54. The standard InChI is InChI=1S/C32H22N2S/c1-32(2)24-13-7-6-11-22(24)27-25(32)16-14-20-21-15-17-26-28(30(21)35-29(20)27)23-12-8-18-33-31(23)34(26)19-9-4-3-5-10-19/h3-18H,1-2H3. The van der Waals surface area contributed by atoms with E-state index in [4.69, 9.17) is 4.98 Å². The number of hydrogen-bond acceptors (Lipinski definition) is 2. The molecule has 3 heteroatoms. The first-order chi connectivity index (χ1) is 17.1. The summed E-state index contributed by atoms with van der Waals surface area (Å²) in [6.45, 7) is 4.71. The molecule has 1 aliphatic rings. The maximum absolute atomic E-state index is 4.83. The molecule has 0 radical (unpaired) electrons. The number of para-hydroxylation sites is 1. The van der Waals surface area contributed by atoms with Crippen molar-refractivity contribution in [1.29, 1.82) is 0 Å². The van der Waals surface area contributed by atoms with Crippen molar-refractivity contribution in [1.82, 2.24) is 9.55 Å². The minimum atomic E-state index is 0.0128. The molecule has 2 nitrogen and oxygen atoms in total. The van der Waals surface area contributed by atoms with E-state index in [2.05, 4.69) is 109 Å². The van der Waals surface area contributed by atoms with Crippen LogP contribution in [0.4, 0.5) is 0 Å². The van der Waals surface area contributed by atoms with Gasteiger partial charge in [-0.2, -0.15) is 0 Å². The topological polar surface area (TPSA) is 17.8 Å². The second kappa shape index (κ2) is 6.59. The molecule has 0 saturated carbocycles. The van der Waals surface area contributed by atoms with E-state index in [1.54, 1.807) is 0 Å². The summed E-state index contributed by atoms with van der Waals surface area (Å²) in [6.07, 6.45) is 1.90. The van der Waals surface area contributed by atoms with E-state index >= 15 is 0 Å². The van der Waals surface area contributed by atoms with Gasteiger partial charge in [0, 0.05) is 53.8 Å². The van der Waals surface area contributed by atoms with Crippen molar-refractivity contribution in [2.45, 2.75) is 19.3 Å². The zero-order valence-electron chi connectivity index (χ0n) is 19.5. The minimum Gasteiger partial charge on any atom is -0.294 e. The van der Waals surface area contributed by atoms with Gasteiger partial charge in [0.2, 0.25) is 0 Å². The van der Waals surface area contributed by atoms with Crippen molar-refractivity contribution >= 4 is 53.4 Å². The number of hydrogen-bond donors (Lipinski definition) is 0. The smallest absolute Gasteiger partial charge is 0.145 e. The molecule has 0 spiro atoms. The van der Waals surface area contributed by atoms with E-state index in [-0.39, 0.29) is 5.41 Å². The van der Waals surface area contributed by atoms with Crippen molar-refractivity contribution in [2.24, 2.45) is 0 Å². The fraction of sp³-hybridized carbons (Fsp3) is 0.0938. The lowest BCUT2D eigenvalue weighted by atomic mass is 9.82. The Hall–Kier alpha value is -3.95. The molecule has 7 aromatic rings. The first-order valence-electron chi connectivity index (χ1n) is 12.1. The van der Waals surface area contributed by atoms with Crippen LogP contribution in [0.25, 0.3) is 58.9 Å². The van der Waals surface area contributed by atoms with Gasteiger partial charge >= 0.3 is 0 Å². The maximum atomic E-state index is 4.83. The van der Waals surface area contributed by atoms with Gasteiger partial charge in [-0.3, -0.25) is 4.57 Å². The number of pyridine rings is 1. The number of thiophene rings is 1. The zero-order chi connectivity index (χ0) is 23.3. The first-order valence-corrected chi connectivity index (χ1v) is 12.9. The molecule has 0 amide bonds. The lowest BCUT2D eigenvalue weighted by molar-refractivity contribution is 0.661. The van der Waals surface area contributed by atoms with E-state index in [9.17, 15) is 0 Å². The average molecular weight is 467 g/mol. The van der Waals surface area contributed by atoms with Crippen molar-refractivity contribution in [3.05, 3.63) is 108 Å². The van der Waals surface area contributed by atoms with Crippen LogP contribution in [0, 0.1) is 0 Å². The number of rotatable bonds is 1. The fourth-order valence-corrected chi connectivity index (χ4v) is 7.66. The van der Waals surface area contributed by atoms with Crippen molar-refractivity contribution in [2.75, 3.05) is 0 Å². The molecule has 0 fully saturated rings. The predicted octanol–water partition coefficient (Wildman–Crippen LogP) is 8.85. The van der Waals surface area contributed by atoms with Gasteiger partial charge in [-0.15, -0.1) is 11.3 Å². The lowest BCUT2D eigenvalue weighted by Crippen LogP contribution is -2.14. The molecular weight excluding hydrogens is 444 g/mol. The highest BCUT2D eigenvalue weighted by Gasteiger charge is 2.36. The molecule has 8 rings (SSSR count). The summed E-state index contributed by atoms with van der Waals surface area (Å²) in [7, 11) is 0. The Morgan fingerprint density at radius 1 is 0.686 bits per heavy atom. The van der Waals surface area contributed by atoms with Crippen LogP contribution in [0.3, 0.4) is 0 Å². The van der Waals surface area contributed by atoms with E-state index in [1.807, 2.05) is 17.5 Å². The van der Waals surface area contributed by atoms with Crippen LogP contribution in [0.15, 0.2) is 97.2 Å². The summed E-state index contributed by atoms with van der Waals surface area (Å²) in [5, 5.41) is 5.19. The Bertz CT molecular complexity index is 1970. The average Bonchev–Trinajstić information content (AvgIpc) is 3.51. The molecule has 3 aromatic heterocycles. The molecule has 0 bridgehead atoms. The summed E-state index contributed by atoms with van der Waals surface area (Å²) in [6, 6.07) is 33.1. The molecule has 0 aliphatic heterocycles. The molecule has 166 valence electrons. The summed E-state index contributed by atoms with van der Waals surface area (Å²) >= 11 is 1.94. The normalized spacial score (nSPS) is 14.2. The summed E-state index contributed by atoms with van der Waals surface area (Å²) in [5.74, 6) is 0. The molecule has 0 N–H and O–H groups in total. The molecule has 1 aliphatic carbocycles. The molecule has 0 unspecified atom stereocenters. The summed E-state index contributed by atoms with van der Waals surface area (Å²) < 4.78 is 5.05. The highest BCUT2D eigenvalue weighted by molar-refractivity contribution is 7.27.